The Hall–Kier alpha value is -1.59. The lowest BCUT2D eigenvalue weighted by molar-refractivity contribution is -0.153. The van der Waals surface area contributed by atoms with Crippen molar-refractivity contribution in [3.05, 3.63) is 0 Å². The van der Waals surface area contributed by atoms with Gasteiger partial charge in [-0.15, -0.1) is 0 Å². The molecule has 0 bridgehead atoms. The van der Waals surface area contributed by atoms with Crippen molar-refractivity contribution < 1.29 is 24.2 Å². The van der Waals surface area contributed by atoms with Gasteiger partial charge in [0.15, 0.2) is 0 Å². The third-order valence-electron chi connectivity index (χ3n) is 5.06. The molecule has 0 saturated heterocycles. The van der Waals surface area contributed by atoms with Crippen molar-refractivity contribution in [2.75, 3.05) is 0 Å². The van der Waals surface area contributed by atoms with E-state index in [2.05, 4.69) is 6.92 Å². The van der Waals surface area contributed by atoms with Crippen LogP contribution in [0.1, 0.15) is 104 Å². The van der Waals surface area contributed by atoms with Gasteiger partial charge in [0.2, 0.25) is 5.91 Å². The number of aliphatic carboxylic acids is 1. The van der Waals surface area contributed by atoms with Crippen LogP contribution in [0.25, 0.3) is 0 Å². The summed E-state index contributed by atoms with van der Waals surface area (Å²) in [6, 6.07) is 0. The predicted molar refractivity (Wildman–Crippen MR) is 111 cm³/mol. The predicted octanol–water partition coefficient (Wildman–Crippen LogP) is 4.83. The van der Waals surface area contributed by atoms with Crippen LogP contribution in [0.5, 0.6) is 0 Å². The molecule has 0 aliphatic carbocycles. The van der Waals surface area contributed by atoms with Crippen molar-refractivity contribution in [2.24, 2.45) is 17.6 Å². The molecule has 0 aromatic rings. The Morgan fingerprint density at radius 3 is 2.00 bits per heavy atom. The number of primary amides is 1. The van der Waals surface area contributed by atoms with Crippen LogP contribution in [0.15, 0.2) is 0 Å². The second kappa shape index (κ2) is 16.4. The summed E-state index contributed by atoms with van der Waals surface area (Å²) < 4.78 is 5.64. The highest BCUT2D eigenvalue weighted by Crippen LogP contribution is 2.21. The Morgan fingerprint density at radius 1 is 0.857 bits per heavy atom. The first-order chi connectivity index (χ1) is 13.3. The minimum absolute atomic E-state index is 0.0778. The summed E-state index contributed by atoms with van der Waals surface area (Å²) in [5, 5.41) is 8.63. The van der Waals surface area contributed by atoms with Crippen LogP contribution in [0.2, 0.25) is 0 Å². The number of carbonyl (C=O) groups is 3. The van der Waals surface area contributed by atoms with Crippen LogP contribution in [-0.2, 0) is 19.1 Å². The zero-order valence-corrected chi connectivity index (χ0v) is 18.1. The molecule has 2 unspecified atom stereocenters. The molecule has 0 spiro atoms. The van der Waals surface area contributed by atoms with Crippen molar-refractivity contribution in [1.29, 1.82) is 0 Å². The minimum atomic E-state index is -0.762. The number of hydrogen-bond donors (Lipinski definition) is 2. The van der Waals surface area contributed by atoms with E-state index in [1.165, 1.54) is 0 Å². The molecular formula is C22H41NO5. The zero-order valence-electron chi connectivity index (χ0n) is 18.1. The van der Waals surface area contributed by atoms with Gasteiger partial charge in [-0.25, -0.2) is 0 Å². The Balaban J connectivity index is 4.27. The fourth-order valence-corrected chi connectivity index (χ4v) is 3.23. The normalized spacial score (nSPS) is 13.3. The molecule has 0 aromatic heterocycles. The molecule has 0 heterocycles. The van der Waals surface area contributed by atoms with E-state index in [-0.39, 0.29) is 36.2 Å². The highest BCUT2D eigenvalue weighted by atomic mass is 16.5. The van der Waals surface area contributed by atoms with E-state index < -0.39 is 5.97 Å². The highest BCUT2D eigenvalue weighted by Gasteiger charge is 2.19. The lowest BCUT2D eigenvalue weighted by Crippen LogP contribution is -2.25. The quantitative estimate of drug-likeness (QED) is 0.253. The van der Waals surface area contributed by atoms with Gasteiger partial charge in [-0.05, 0) is 44.9 Å². The van der Waals surface area contributed by atoms with Gasteiger partial charge in [0.25, 0.3) is 0 Å². The van der Waals surface area contributed by atoms with Gasteiger partial charge in [-0.2, -0.15) is 0 Å². The largest absolute Gasteiger partial charge is 0.481 e. The maximum atomic E-state index is 11.9. The van der Waals surface area contributed by atoms with Gasteiger partial charge in [0, 0.05) is 12.3 Å². The van der Waals surface area contributed by atoms with Gasteiger partial charge in [-0.1, -0.05) is 52.9 Å². The second-order valence-corrected chi connectivity index (χ2v) is 8.09. The number of carboxylic acids is 1. The van der Waals surface area contributed by atoms with E-state index in [1.54, 1.807) is 0 Å². The van der Waals surface area contributed by atoms with E-state index in [1.807, 2.05) is 13.8 Å². The van der Waals surface area contributed by atoms with Crippen molar-refractivity contribution in [3.8, 4) is 0 Å². The van der Waals surface area contributed by atoms with Crippen LogP contribution < -0.4 is 5.73 Å². The molecule has 0 aliphatic heterocycles. The Kier molecular flexibility index (Phi) is 15.4. The summed E-state index contributed by atoms with van der Waals surface area (Å²) >= 11 is 0. The highest BCUT2D eigenvalue weighted by molar-refractivity contribution is 5.76. The van der Waals surface area contributed by atoms with Gasteiger partial charge < -0.3 is 15.6 Å². The number of esters is 1. The fraction of sp³-hybridized carbons (Fsp3) is 0.864. The molecule has 1 amide bonds. The first kappa shape index (κ1) is 26.4. The van der Waals surface area contributed by atoms with Crippen LogP contribution in [0.3, 0.4) is 0 Å². The molecule has 6 nitrogen and oxygen atoms in total. The molecule has 0 radical (unpaired) electrons. The standard InChI is InChI=1S/C22H41NO5/c1-4-5-8-14-19(28-22(27)17(2)3)15-11-13-18(21(23)26)12-9-6-7-10-16-20(24)25/h17-19H,4-16H2,1-3H3,(H2,23,26)(H,24,25). The number of nitrogens with two attached hydrogens (primary N) is 1. The maximum absolute atomic E-state index is 11.9. The third kappa shape index (κ3) is 14.5. The number of ether oxygens (including phenoxy) is 1. The first-order valence-electron chi connectivity index (χ1n) is 11.0. The molecule has 0 aliphatic rings. The molecule has 3 N–H and O–H groups in total. The molecule has 28 heavy (non-hydrogen) atoms. The lowest BCUT2D eigenvalue weighted by atomic mass is 9.93. The lowest BCUT2D eigenvalue weighted by Gasteiger charge is -2.20. The van der Waals surface area contributed by atoms with Gasteiger partial charge in [0.05, 0.1) is 5.92 Å². The SMILES string of the molecule is CCCCCC(CCCC(CCCCCCC(=O)O)C(N)=O)OC(=O)C(C)C. The average Bonchev–Trinajstić information content (AvgIpc) is 2.62. The summed E-state index contributed by atoms with van der Waals surface area (Å²) in [5.74, 6) is -1.48. The average molecular weight is 400 g/mol. The molecular weight excluding hydrogens is 358 g/mol. The summed E-state index contributed by atoms with van der Waals surface area (Å²) in [5.41, 5.74) is 5.55. The summed E-state index contributed by atoms with van der Waals surface area (Å²) in [4.78, 5) is 34.1. The smallest absolute Gasteiger partial charge is 0.308 e. The van der Waals surface area contributed by atoms with Gasteiger partial charge in [-0.3, -0.25) is 14.4 Å². The van der Waals surface area contributed by atoms with E-state index in [0.717, 1.165) is 64.2 Å². The Morgan fingerprint density at radius 2 is 1.43 bits per heavy atom. The minimum Gasteiger partial charge on any atom is -0.481 e. The molecule has 0 rings (SSSR count). The van der Waals surface area contributed by atoms with E-state index in [4.69, 9.17) is 15.6 Å². The number of carbonyl (C=O) groups excluding carboxylic acids is 2. The molecule has 0 saturated carbocycles. The van der Waals surface area contributed by atoms with E-state index in [0.29, 0.717) is 12.8 Å². The monoisotopic (exact) mass is 399 g/mol. The third-order valence-corrected chi connectivity index (χ3v) is 5.06. The number of unbranched alkanes of at least 4 members (excludes halogenated alkanes) is 5. The van der Waals surface area contributed by atoms with Crippen molar-refractivity contribution >= 4 is 17.8 Å². The topological polar surface area (TPSA) is 107 Å². The number of amides is 1. The van der Waals surface area contributed by atoms with Crippen LogP contribution >= 0.6 is 0 Å². The van der Waals surface area contributed by atoms with E-state index in [9.17, 15) is 14.4 Å². The maximum Gasteiger partial charge on any atom is 0.308 e. The van der Waals surface area contributed by atoms with Crippen LogP contribution in [0.4, 0.5) is 0 Å². The van der Waals surface area contributed by atoms with Gasteiger partial charge in [0.1, 0.15) is 6.10 Å². The summed E-state index contributed by atoms with van der Waals surface area (Å²) in [6.07, 6.45) is 10.7. The van der Waals surface area contributed by atoms with Crippen molar-refractivity contribution in [1.82, 2.24) is 0 Å². The molecule has 164 valence electrons. The number of hydrogen-bond acceptors (Lipinski definition) is 4. The van der Waals surface area contributed by atoms with Gasteiger partial charge >= 0.3 is 11.9 Å². The molecule has 0 aromatic carbocycles. The zero-order chi connectivity index (χ0) is 21.4. The second-order valence-electron chi connectivity index (χ2n) is 8.09. The summed E-state index contributed by atoms with van der Waals surface area (Å²) in [6.45, 7) is 5.82. The molecule has 0 fully saturated rings. The number of carboxylic acid groups (broad SMARTS) is 1. The Labute approximate surface area is 170 Å². The molecule has 2 atom stereocenters. The number of rotatable bonds is 18. The molecule has 6 heteroatoms. The Bertz CT molecular complexity index is 450. The van der Waals surface area contributed by atoms with Crippen LogP contribution in [0, 0.1) is 11.8 Å². The summed E-state index contributed by atoms with van der Waals surface area (Å²) in [7, 11) is 0. The van der Waals surface area contributed by atoms with Crippen LogP contribution in [-0.4, -0.2) is 29.1 Å². The van der Waals surface area contributed by atoms with Crippen molar-refractivity contribution in [2.45, 2.75) is 110 Å². The van der Waals surface area contributed by atoms with E-state index >= 15 is 0 Å². The van der Waals surface area contributed by atoms with Crippen molar-refractivity contribution in [3.63, 3.8) is 0 Å². The first-order valence-corrected chi connectivity index (χ1v) is 11.0. The fourth-order valence-electron chi connectivity index (χ4n) is 3.23.